The molecule has 8 nitrogen and oxygen atoms in total. The Bertz CT molecular complexity index is 1440. The van der Waals surface area contributed by atoms with Gasteiger partial charge in [-0.05, 0) is 54.7 Å². The number of nitrogens with one attached hydrogen (secondary N) is 1. The molecule has 2 amide bonds. The van der Waals surface area contributed by atoms with Gasteiger partial charge in [0.1, 0.15) is 18.3 Å². The predicted octanol–water partition coefficient (Wildman–Crippen LogP) is 4.49. The maximum absolute atomic E-state index is 14.2. The molecule has 0 aliphatic rings. The Balaban J connectivity index is 2.08. The van der Waals surface area contributed by atoms with E-state index in [0.717, 1.165) is 32.8 Å². The summed E-state index contributed by atoms with van der Waals surface area (Å²) in [6, 6.07) is 21.3. The van der Waals surface area contributed by atoms with Crippen LogP contribution < -0.4 is 14.4 Å². The second-order valence-corrected chi connectivity index (χ2v) is 12.7. The monoisotopic (exact) mass is 579 g/mol. The summed E-state index contributed by atoms with van der Waals surface area (Å²) in [5, 5.41) is 2.99. The minimum absolute atomic E-state index is 0.0904. The quantitative estimate of drug-likeness (QED) is 0.322. The van der Waals surface area contributed by atoms with E-state index in [0.29, 0.717) is 18.0 Å². The summed E-state index contributed by atoms with van der Waals surface area (Å²) in [7, 11) is -2.26. The van der Waals surface area contributed by atoms with E-state index < -0.39 is 28.5 Å². The Kier molecular flexibility index (Phi) is 10.9. The molecule has 0 aliphatic heterocycles. The van der Waals surface area contributed by atoms with Crippen LogP contribution in [0.25, 0.3) is 0 Å². The minimum atomic E-state index is -3.83. The van der Waals surface area contributed by atoms with Crippen molar-refractivity contribution in [3.63, 3.8) is 0 Å². The number of rotatable bonds is 13. The molecule has 3 aromatic carbocycles. The fraction of sp³-hybridized carbons (Fsp3) is 0.375. The average molecular weight is 580 g/mol. The molecule has 0 unspecified atom stereocenters. The van der Waals surface area contributed by atoms with E-state index in [2.05, 4.69) is 5.32 Å². The topological polar surface area (TPSA) is 96.0 Å². The van der Waals surface area contributed by atoms with E-state index in [4.69, 9.17) is 4.74 Å². The lowest BCUT2D eigenvalue weighted by molar-refractivity contribution is -0.140. The Hall–Kier alpha value is -3.85. The molecule has 0 aliphatic carbocycles. The fourth-order valence-electron chi connectivity index (χ4n) is 4.62. The molecule has 9 heteroatoms. The van der Waals surface area contributed by atoms with Crippen LogP contribution in [0, 0.1) is 19.8 Å². The summed E-state index contributed by atoms with van der Waals surface area (Å²) < 4.78 is 32.5. The highest BCUT2D eigenvalue weighted by atomic mass is 32.2. The summed E-state index contributed by atoms with van der Waals surface area (Å²) in [4.78, 5) is 29.4. The van der Waals surface area contributed by atoms with Crippen LogP contribution >= 0.6 is 0 Å². The largest absolute Gasteiger partial charge is 0.497 e. The number of aryl methyl sites for hydroxylation is 2. The van der Waals surface area contributed by atoms with Gasteiger partial charge in [0, 0.05) is 19.5 Å². The van der Waals surface area contributed by atoms with E-state index in [1.165, 1.54) is 4.90 Å². The van der Waals surface area contributed by atoms with Crippen LogP contribution in [0.2, 0.25) is 0 Å². The second kappa shape index (κ2) is 14.2. The number of ether oxygens (including phenoxy) is 1. The van der Waals surface area contributed by atoms with Crippen molar-refractivity contribution < 1.29 is 22.7 Å². The van der Waals surface area contributed by atoms with Crippen molar-refractivity contribution in [2.75, 3.05) is 30.8 Å². The smallest absolute Gasteiger partial charge is 0.244 e. The molecule has 1 N–H and O–H groups in total. The van der Waals surface area contributed by atoms with Crippen molar-refractivity contribution in [1.82, 2.24) is 10.2 Å². The summed E-state index contributed by atoms with van der Waals surface area (Å²) in [6.07, 6.45) is 1.35. The Morgan fingerprint density at radius 3 is 2.22 bits per heavy atom. The highest BCUT2D eigenvalue weighted by Gasteiger charge is 2.33. The molecule has 0 heterocycles. The van der Waals surface area contributed by atoms with Gasteiger partial charge >= 0.3 is 0 Å². The number of benzene rings is 3. The molecule has 220 valence electrons. The first-order valence-electron chi connectivity index (χ1n) is 13.7. The van der Waals surface area contributed by atoms with Gasteiger partial charge in [-0.1, -0.05) is 74.0 Å². The molecule has 1 atom stereocenters. The molecular formula is C32H41N3O5S. The maximum Gasteiger partial charge on any atom is 0.244 e. The van der Waals surface area contributed by atoms with Gasteiger partial charge in [-0.25, -0.2) is 8.42 Å². The molecule has 0 bridgehead atoms. The number of sulfonamides is 1. The molecule has 0 spiro atoms. The zero-order valence-electron chi connectivity index (χ0n) is 24.8. The van der Waals surface area contributed by atoms with Gasteiger partial charge in [-0.3, -0.25) is 13.9 Å². The number of carbonyl (C=O) groups is 2. The van der Waals surface area contributed by atoms with Crippen molar-refractivity contribution in [3.8, 4) is 5.75 Å². The summed E-state index contributed by atoms with van der Waals surface area (Å²) >= 11 is 0. The Morgan fingerprint density at radius 2 is 1.61 bits per heavy atom. The Labute approximate surface area is 244 Å². The van der Waals surface area contributed by atoms with Gasteiger partial charge in [0.2, 0.25) is 21.8 Å². The average Bonchev–Trinajstić information content (AvgIpc) is 2.92. The lowest BCUT2D eigenvalue weighted by Gasteiger charge is -2.34. The zero-order valence-corrected chi connectivity index (χ0v) is 25.6. The summed E-state index contributed by atoms with van der Waals surface area (Å²) in [6.45, 7) is 7.83. The van der Waals surface area contributed by atoms with E-state index in [1.54, 1.807) is 19.2 Å². The van der Waals surface area contributed by atoms with Crippen LogP contribution in [-0.4, -0.2) is 57.6 Å². The summed E-state index contributed by atoms with van der Waals surface area (Å²) in [5.41, 5.74) is 3.78. The summed E-state index contributed by atoms with van der Waals surface area (Å²) in [5.74, 6) is 0.0472. The molecule has 3 rings (SSSR count). The van der Waals surface area contributed by atoms with Crippen molar-refractivity contribution in [2.45, 2.75) is 46.7 Å². The molecule has 0 aromatic heterocycles. The molecule has 0 radical (unpaired) electrons. The third-order valence-electron chi connectivity index (χ3n) is 6.74. The number of nitrogens with zero attached hydrogens (tertiary/aromatic N) is 2. The van der Waals surface area contributed by atoms with Gasteiger partial charge in [0.25, 0.3) is 0 Å². The standard InChI is InChI=1S/C32H41N3O5S/c1-23(2)20-33-32(37)30(19-26-11-8-7-9-12-26)34(21-27-13-10-14-28(18-27)40-5)31(36)22-35(41(6,38)39)29-16-15-24(3)17-25(29)4/h7-18,23,30H,19-22H2,1-6H3,(H,33,37)/t30-/m1/s1. The van der Waals surface area contributed by atoms with Crippen molar-refractivity contribution in [2.24, 2.45) is 5.92 Å². The highest BCUT2D eigenvalue weighted by molar-refractivity contribution is 7.92. The number of hydrogen-bond donors (Lipinski definition) is 1. The predicted molar refractivity (Wildman–Crippen MR) is 163 cm³/mol. The lowest BCUT2D eigenvalue weighted by atomic mass is 10.0. The number of methoxy groups -OCH3 is 1. The van der Waals surface area contributed by atoms with Crippen LogP contribution in [0.4, 0.5) is 5.69 Å². The third-order valence-corrected chi connectivity index (χ3v) is 7.87. The molecule has 41 heavy (non-hydrogen) atoms. The second-order valence-electron chi connectivity index (χ2n) is 10.8. The molecule has 0 saturated heterocycles. The maximum atomic E-state index is 14.2. The van der Waals surface area contributed by atoms with E-state index >= 15 is 0 Å². The van der Waals surface area contributed by atoms with E-state index in [1.807, 2.05) is 88.4 Å². The minimum Gasteiger partial charge on any atom is -0.497 e. The first-order chi connectivity index (χ1) is 19.4. The van der Waals surface area contributed by atoms with Crippen molar-refractivity contribution in [1.29, 1.82) is 0 Å². The number of amides is 2. The molecule has 3 aromatic rings. The van der Waals surface area contributed by atoms with Crippen LogP contribution in [0.5, 0.6) is 5.75 Å². The van der Waals surface area contributed by atoms with E-state index in [-0.39, 0.29) is 24.8 Å². The van der Waals surface area contributed by atoms with Crippen molar-refractivity contribution in [3.05, 3.63) is 95.1 Å². The van der Waals surface area contributed by atoms with Gasteiger partial charge in [0.15, 0.2) is 0 Å². The van der Waals surface area contributed by atoms with Crippen LogP contribution in [-0.2, 0) is 32.6 Å². The van der Waals surface area contributed by atoms with Crippen LogP contribution in [0.3, 0.4) is 0 Å². The lowest BCUT2D eigenvalue weighted by Crippen LogP contribution is -2.53. The van der Waals surface area contributed by atoms with Crippen LogP contribution in [0.15, 0.2) is 72.8 Å². The van der Waals surface area contributed by atoms with Gasteiger partial charge < -0.3 is 15.0 Å². The molecule has 0 fully saturated rings. The van der Waals surface area contributed by atoms with E-state index in [9.17, 15) is 18.0 Å². The highest BCUT2D eigenvalue weighted by Crippen LogP contribution is 2.25. The SMILES string of the molecule is COc1cccc(CN(C(=O)CN(c2ccc(C)cc2C)S(C)(=O)=O)[C@H](Cc2ccccc2)C(=O)NCC(C)C)c1. The zero-order chi connectivity index (χ0) is 30.2. The first kappa shape index (κ1) is 31.7. The Morgan fingerprint density at radius 1 is 0.927 bits per heavy atom. The number of anilines is 1. The molecular weight excluding hydrogens is 538 g/mol. The number of carbonyl (C=O) groups excluding carboxylic acids is 2. The van der Waals surface area contributed by atoms with Gasteiger partial charge in [-0.2, -0.15) is 0 Å². The fourth-order valence-corrected chi connectivity index (χ4v) is 5.53. The number of hydrogen-bond acceptors (Lipinski definition) is 5. The third kappa shape index (κ3) is 9.08. The van der Waals surface area contributed by atoms with Gasteiger partial charge in [-0.15, -0.1) is 0 Å². The first-order valence-corrected chi connectivity index (χ1v) is 15.5. The van der Waals surface area contributed by atoms with Crippen molar-refractivity contribution >= 4 is 27.5 Å². The van der Waals surface area contributed by atoms with Crippen LogP contribution in [0.1, 0.15) is 36.1 Å². The van der Waals surface area contributed by atoms with Gasteiger partial charge in [0.05, 0.1) is 19.1 Å². The normalized spacial score (nSPS) is 12.1. The molecule has 0 saturated carbocycles.